The van der Waals surface area contributed by atoms with Crippen molar-refractivity contribution in [1.82, 2.24) is 0 Å². The van der Waals surface area contributed by atoms with Crippen LogP contribution in [0.5, 0.6) is 17.2 Å². The van der Waals surface area contributed by atoms with E-state index in [4.69, 9.17) is 20.3 Å². The summed E-state index contributed by atoms with van der Waals surface area (Å²) >= 11 is 0. The van der Waals surface area contributed by atoms with Gasteiger partial charge in [-0.05, 0) is 12.1 Å². The van der Waals surface area contributed by atoms with Crippen molar-refractivity contribution >= 4 is 0 Å². The lowest BCUT2D eigenvalue weighted by molar-refractivity contribution is 0.260. The Kier molecular flexibility index (Phi) is 3.76. The predicted octanol–water partition coefficient (Wildman–Crippen LogP) is 0.402. The molecule has 4 N–H and O–H groups in total. The molecule has 15 heavy (non-hydrogen) atoms. The third kappa shape index (κ3) is 2.14. The Morgan fingerprint density at radius 1 is 1.27 bits per heavy atom. The van der Waals surface area contributed by atoms with E-state index in [-0.39, 0.29) is 12.4 Å². The van der Waals surface area contributed by atoms with Crippen LogP contribution < -0.4 is 15.2 Å². The molecule has 5 heteroatoms. The highest BCUT2D eigenvalue weighted by molar-refractivity contribution is 5.54. The van der Waals surface area contributed by atoms with Gasteiger partial charge in [-0.3, -0.25) is 0 Å². The lowest BCUT2D eigenvalue weighted by Crippen LogP contribution is -2.16. The third-order valence-corrected chi connectivity index (χ3v) is 2.15. The Hall–Kier alpha value is -1.46. The second-order valence-corrected chi connectivity index (χ2v) is 3.02. The SMILES string of the molecule is COc1ccc(OC)c([C@H](N)CO)c1O. The molecule has 0 aliphatic rings. The Balaban J connectivity index is 3.29. The van der Waals surface area contributed by atoms with Gasteiger partial charge in [-0.25, -0.2) is 0 Å². The van der Waals surface area contributed by atoms with E-state index in [0.717, 1.165) is 0 Å². The van der Waals surface area contributed by atoms with Gasteiger partial charge in [0.05, 0.1) is 32.4 Å². The molecule has 0 bridgehead atoms. The first kappa shape index (κ1) is 11.6. The lowest BCUT2D eigenvalue weighted by Gasteiger charge is -2.16. The average molecular weight is 213 g/mol. The van der Waals surface area contributed by atoms with Gasteiger partial charge in [0.2, 0.25) is 0 Å². The molecule has 0 aliphatic carbocycles. The van der Waals surface area contributed by atoms with E-state index in [9.17, 15) is 5.11 Å². The van der Waals surface area contributed by atoms with Gasteiger partial charge >= 0.3 is 0 Å². The molecule has 5 nitrogen and oxygen atoms in total. The molecule has 0 radical (unpaired) electrons. The minimum absolute atomic E-state index is 0.0987. The van der Waals surface area contributed by atoms with Crippen LogP contribution in [0.2, 0.25) is 0 Å². The Morgan fingerprint density at radius 3 is 2.27 bits per heavy atom. The fraction of sp³-hybridized carbons (Fsp3) is 0.400. The maximum atomic E-state index is 9.81. The number of aromatic hydroxyl groups is 1. The number of methoxy groups -OCH3 is 2. The number of benzene rings is 1. The molecular formula is C10H15NO4. The number of phenols is 1. The van der Waals surface area contributed by atoms with Crippen LogP contribution in [0.15, 0.2) is 12.1 Å². The second kappa shape index (κ2) is 4.86. The smallest absolute Gasteiger partial charge is 0.166 e. The van der Waals surface area contributed by atoms with Crippen LogP contribution in [0, 0.1) is 0 Å². The highest BCUT2D eigenvalue weighted by atomic mass is 16.5. The first-order valence-corrected chi connectivity index (χ1v) is 4.46. The second-order valence-electron chi connectivity index (χ2n) is 3.02. The van der Waals surface area contributed by atoms with Crippen molar-refractivity contribution in [3.8, 4) is 17.2 Å². The summed E-state index contributed by atoms with van der Waals surface area (Å²) in [7, 11) is 2.91. The van der Waals surface area contributed by atoms with Gasteiger partial charge in [-0.2, -0.15) is 0 Å². The van der Waals surface area contributed by atoms with E-state index in [0.29, 0.717) is 17.1 Å². The maximum absolute atomic E-state index is 9.81. The minimum Gasteiger partial charge on any atom is -0.504 e. The molecule has 0 fully saturated rings. The number of ether oxygens (including phenoxy) is 2. The topological polar surface area (TPSA) is 84.9 Å². The molecular weight excluding hydrogens is 198 g/mol. The van der Waals surface area contributed by atoms with E-state index in [2.05, 4.69) is 0 Å². The van der Waals surface area contributed by atoms with E-state index in [1.807, 2.05) is 0 Å². The van der Waals surface area contributed by atoms with Crippen LogP contribution in [0.1, 0.15) is 11.6 Å². The molecule has 0 heterocycles. The maximum Gasteiger partial charge on any atom is 0.166 e. The number of aliphatic hydroxyl groups excluding tert-OH is 1. The zero-order valence-corrected chi connectivity index (χ0v) is 8.73. The summed E-state index contributed by atoms with van der Waals surface area (Å²) in [5, 5.41) is 18.8. The normalized spacial score (nSPS) is 12.3. The van der Waals surface area contributed by atoms with Crippen molar-refractivity contribution in [2.45, 2.75) is 6.04 Å². The van der Waals surface area contributed by atoms with E-state index >= 15 is 0 Å². The number of hydrogen-bond donors (Lipinski definition) is 3. The highest BCUT2D eigenvalue weighted by Crippen LogP contribution is 2.39. The predicted molar refractivity (Wildman–Crippen MR) is 55.2 cm³/mol. The molecule has 0 aromatic heterocycles. The zero-order chi connectivity index (χ0) is 11.4. The molecule has 0 saturated carbocycles. The summed E-state index contributed by atoms with van der Waals surface area (Å²) in [6.07, 6.45) is 0. The molecule has 0 saturated heterocycles. The van der Waals surface area contributed by atoms with Gasteiger partial charge in [0.1, 0.15) is 5.75 Å². The minimum atomic E-state index is -0.699. The third-order valence-electron chi connectivity index (χ3n) is 2.15. The standard InChI is InChI=1S/C10H15NO4/c1-14-7-3-4-8(15-2)10(13)9(7)6(11)5-12/h3-4,6,12-13H,5,11H2,1-2H3/t6-/m1/s1. The van der Waals surface area contributed by atoms with Crippen molar-refractivity contribution in [2.24, 2.45) is 5.73 Å². The summed E-state index contributed by atoms with van der Waals surface area (Å²) < 4.78 is 9.98. The van der Waals surface area contributed by atoms with Gasteiger partial charge in [0, 0.05) is 0 Å². The number of aliphatic hydroxyl groups is 1. The number of nitrogens with two attached hydrogens (primary N) is 1. The van der Waals surface area contributed by atoms with Crippen molar-refractivity contribution in [3.05, 3.63) is 17.7 Å². The van der Waals surface area contributed by atoms with E-state index < -0.39 is 6.04 Å². The van der Waals surface area contributed by atoms with Crippen molar-refractivity contribution in [2.75, 3.05) is 20.8 Å². The average Bonchev–Trinajstić information content (AvgIpc) is 2.27. The largest absolute Gasteiger partial charge is 0.504 e. The summed E-state index contributed by atoms with van der Waals surface area (Å²) in [5.41, 5.74) is 6.00. The van der Waals surface area contributed by atoms with Gasteiger partial charge in [0.15, 0.2) is 11.5 Å². The molecule has 0 aliphatic heterocycles. The molecule has 0 spiro atoms. The number of rotatable bonds is 4. The van der Waals surface area contributed by atoms with Gasteiger partial charge in [-0.1, -0.05) is 0 Å². The Labute approximate surface area is 88.0 Å². The zero-order valence-electron chi connectivity index (χ0n) is 8.73. The van der Waals surface area contributed by atoms with Crippen LogP contribution in [0.4, 0.5) is 0 Å². The molecule has 1 aromatic rings. The lowest BCUT2D eigenvalue weighted by atomic mass is 10.1. The van der Waals surface area contributed by atoms with Crippen LogP contribution in [0.25, 0.3) is 0 Å². The molecule has 1 aromatic carbocycles. The van der Waals surface area contributed by atoms with Gasteiger partial charge in [0.25, 0.3) is 0 Å². The monoisotopic (exact) mass is 213 g/mol. The van der Waals surface area contributed by atoms with Gasteiger partial charge in [-0.15, -0.1) is 0 Å². The fourth-order valence-corrected chi connectivity index (χ4v) is 1.36. The van der Waals surface area contributed by atoms with Crippen molar-refractivity contribution in [3.63, 3.8) is 0 Å². The van der Waals surface area contributed by atoms with Crippen LogP contribution in [-0.2, 0) is 0 Å². The Bertz CT molecular complexity index is 340. The van der Waals surface area contributed by atoms with Crippen molar-refractivity contribution < 1.29 is 19.7 Å². The molecule has 84 valence electrons. The van der Waals surface area contributed by atoms with E-state index in [1.165, 1.54) is 14.2 Å². The first-order valence-electron chi connectivity index (χ1n) is 4.46. The van der Waals surface area contributed by atoms with Crippen LogP contribution in [0.3, 0.4) is 0 Å². The fourth-order valence-electron chi connectivity index (χ4n) is 1.36. The summed E-state index contributed by atoms with van der Waals surface area (Å²) in [6.45, 7) is -0.281. The molecule has 1 rings (SSSR count). The first-order chi connectivity index (χ1) is 7.15. The van der Waals surface area contributed by atoms with Gasteiger partial charge < -0.3 is 25.4 Å². The van der Waals surface area contributed by atoms with Crippen molar-refractivity contribution in [1.29, 1.82) is 0 Å². The van der Waals surface area contributed by atoms with Crippen LogP contribution in [-0.4, -0.2) is 31.0 Å². The number of phenolic OH excluding ortho intramolecular Hbond substituents is 1. The number of hydrogen-bond acceptors (Lipinski definition) is 5. The molecule has 1 atom stereocenters. The van der Waals surface area contributed by atoms with E-state index in [1.54, 1.807) is 12.1 Å². The molecule has 0 amide bonds. The van der Waals surface area contributed by atoms with Crippen LogP contribution >= 0.6 is 0 Å². The summed E-state index contributed by atoms with van der Waals surface area (Å²) in [4.78, 5) is 0. The quantitative estimate of drug-likeness (QED) is 0.674. The summed E-state index contributed by atoms with van der Waals surface area (Å²) in [6, 6.07) is 2.50. The molecule has 0 unspecified atom stereocenters. The highest BCUT2D eigenvalue weighted by Gasteiger charge is 2.19. The summed E-state index contributed by atoms with van der Waals surface area (Å²) in [5.74, 6) is 0.628. The Morgan fingerprint density at radius 2 is 1.80 bits per heavy atom.